The van der Waals surface area contributed by atoms with Crippen molar-refractivity contribution in [3.05, 3.63) is 23.9 Å². The molecule has 5 heteroatoms. The smallest absolute Gasteiger partial charge is 0.140 e. The number of rotatable bonds is 3. The standard InChI is InChI=1S/C15H19N3O2/c19-14-4-5-16-13(11-14)10-12-2-1-3-15(17-12)18-6-8-20-9-7-18/h1-3H,4-11H2. The lowest BCUT2D eigenvalue weighted by atomic mass is 10.0. The number of carbonyl (C=O) groups is 1. The molecule has 106 valence electrons. The van der Waals surface area contributed by atoms with E-state index in [1.807, 2.05) is 18.2 Å². The van der Waals surface area contributed by atoms with Gasteiger partial charge in [0.05, 0.1) is 13.2 Å². The van der Waals surface area contributed by atoms with Crippen molar-refractivity contribution < 1.29 is 9.53 Å². The maximum absolute atomic E-state index is 11.5. The third-order valence-corrected chi connectivity index (χ3v) is 3.64. The van der Waals surface area contributed by atoms with Gasteiger partial charge in [-0.3, -0.25) is 9.79 Å². The number of ketones is 1. The van der Waals surface area contributed by atoms with Crippen LogP contribution in [0.25, 0.3) is 0 Å². The Bertz CT molecular complexity index is 522. The summed E-state index contributed by atoms with van der Waals surface area (Å²) >= 11 is 0. The predicted octanol–water partition coefficient (Wildman–Crippen LogP) is 1.26. The fourth-order valence-electron chi connectivity index (χ4n) is 2.57. The van der Waals surface area contributed by atoms with Crippen LogP contribution >= 0.6 is 0 Å². The van der Waals surface area contributed by atoms with Gasteiger partial charge >= 0.3 is 0 Å². The summed E-state index contributed by atoms with van der Waals surface area (Å²) in [6.07, 6.45) is 1.76. The molecule has 0 aromatic carbocycles. The lowest BCUT2D eigenvalue weighted by Crippen LogP contribution is -2.36. The van der Waals surface area contributed by atoms with Gasteiger partial charge in [0, 0.05) is 50.3 Å². The molecule has 20 heavy (non-hydrogen) atoms. The van der Waals surface area contributed by atoms with Gasteiger partial charge in [0.1, 0.15) is 11.6 Å². The summed E-state index contributed by atoms with van der Waals surface area (Å²) in [6.45, 7) is 3.92. The van der Waals surface area contributed by atoms with Crippen LogP contribution in [-0.4, -0.2) is 49.3 Å². The van der Waals surface area contributed by atoms with Gasteiger partial charge in [-0.1, -0.05) is 6.07 Å². The first-order valence-electron chi connectivity index (χ1n) is 7.14. The summed E-state index contributed by atoms with van der Waals surface area (Å²) in [6, 6.07) is 6.06. The van der Waals surface area contributed by atoms with Crippen molar-refractivity contribution in [3.8, 4) is 0 Å². The topological polar surface area (TPSA) is 54.8 Å². The minimum atomic E-state index is 0.291. The second-order valence-corrected chi connectivity index (χ2v) is 5.18. The molecule has 0 aliphatic carbocycles. The van der Waals surface area contributed by atoms with Crippen molar-refractivity contribution in [2.24, 2.45) is 4.99 Å². The zero-order valence-electron chi connectivity index (χ0n) is 11.5. The highest BCUT2D eigenvalue weighted by Crippen LogP contribution is 2.15. The molecule has 1 aromatic heterocycles. The minimum Gasteiger partial charge on any atom is -0.378 e. The second kappa shape index (κ2) is 6.13. The zero-order valence-corrected chi connectivity index (χ0v) is 11.5. The van der Waals surface area contributed by atoms with E-state index in [0.717, 1.165) is 43.5 Å². The highest BCUT2D eigenvalue weighted by molar-refractivity contribution is 6.04. The fraction of sp³-hybridized carbons (Fsp3) is 0.533. The molecule has 3 rings (SSSR count). The molecule has 2 aliphatic rings. The summed E-state index contributed by atoms with van der Waals surface area (Å²) in [7, 11) is 0. The zero-order chi connectivity index (χ0) is 13.8. The number of aromatic nitrogens is 1. The Hall–Kier alpha value is -1.75. The highest BCUT2D eigenvalue weighted by Gasteiger charge is 2.15. The summed E-state index contributed by atoms with van der Waals surface area (Å²) < 4.78 is 5.36. The van der Waals surface area contributed by atoms with Gasteiger partial charge in [-0.05, 0) is 12.1 Å². The third kappa shape index (κ3) is 3.22. The molecular weight excluding hydrogens is 254 g/mol. The molecule has 1 aromatic rings. The number of pyridine rings is 1. The molecule has 0 N–H and O–H groups in total. The lowest BCUT2D eigenvalue weighted by molar-refractivity contribution is -0.118. The Morgan fingerprint density at radius 3 is 2.90 bits per heavy atom. The summed E-state index contributed by atoms with van der Waals surface area (Å²) in [5, 5.41) is 0. The second-order valence-electron chi connectivity index (χ2n) is 5.18. The molecule has 0 radical (unpaired) electrons. The van der Waals surface area contributed by atoms with Crippen LogP contribution in [0.1, 0.15) is 18.5 Å². The van der Waals surface area contributed by atoms with E-state index in [1.165, 1.54) is 0 Å². The van der Waals surface area contributed by atoms with Gasteiger partial charge in [0.25, 0.3) is 0 Å². The van der Waals surface area contributed by atoms with E-state index in [4.69, 9.17) is 9.72 Å². The number of morpholine rings is 1. The molecule has 0 amide bonds. The number of ether oxygens (including phenoxy) is 1. The molecule has 0 spiro atoms. The molecule has 5 nitrogen and oxygen atoms in total. The fourth-order valence-corrected chi connectivity index (χ4v) is 2.57. The Balaban J connectivity index is 1.70. The van der Waals surface area contributed by atoms with E-state index in [2.05, 4.69) is 9.89 Å². The van der Waals surface area contributed by atoms with Crippen LogP contribution in [0, 0.1) is 0 Å². The van der Waals surface area contributed by atoms with Crippen LogP contribution < -0.4 is 4.90 Å². The Kier molecular flexibility index (Phi) is 4.06. The molecule has 0 saturated carbocycles. The normalized spacial score (nSPS) is 19.9. The van der Waals surface area contributed by atoms with Crippen LogP contribution in [0.15, 0.2) is 23.2 Å². The summed E-state index contributed by atoms with van der Waals surface area (Å²) in [5.41, 5.74) is 1.95. The summed E-state index contributed by atoms with van der Waals surface area (Å²) in [5.74, 6) is 1.29. The molecule has 0 bridgehead atoms. The van der Waals surface area contributed by atoms with Crippen LogP contribution in [-0.2, 0) is 16.0 Å². The molecule has 0 atom stereocenters. The SMILES string of the molecule is O=C1CCN=C(Cc2cccc(N3CCOCC3)n2)C1. The van der Waals surface area contributed by atoms with Crippen molar-refractivity contribution in [2.45, 2.75) is 19.3 Å². The quantitative estimate of drug-likeness (QED) is 0.832. The van der Waals surface area contributed by atoms with Gasteiger partial charge in [-0.2, -0.15) is 0 Å². The first-order chi connectivity index (χ1) is 9.81. The Morgan fingerprint density at radius 2 is 2.10 bits per heavy atom. The minimum absolute atomic E-state index is 0.291. The molecule has 2 aliphatic heterocycles. The number of aliphatic imine (C=N–C) groups is 1. The predicted molar refractivity (Wildman–Crippen MR) is 77.5 cm³/mol. The Labute approximate surface area is 118 Å². The Morgan fingerprint density at radius 1 is 1.25 bits per heavy atom. The van der Waals surface area contributed by atoms with Gasteiger partial charge in [0.15, 0.2) is 0 Å². The van der Waals surface area contributed by atoms with Gasteiger partial charge in [-0.15, -0.1) is 0 Å². The van der Waals surface area contributed by atoms with Crippen molar-refractivity contribution >= 4 is 17.3 Å². The van der Waals surface area contributed by atoms with E-state index in [0.29, 0.717) is 31.6 Å². The van der Waals surface area contributed by atoms with Crippen LogP contribution in [0.5, 0.6) is 0 Å². The average molecular weight is 273 g/mol. The lowest BCUT2D eigenvalue weighted by Gasteiger charge is -2.28. The number of hydrogen-bond donors (Lipinski definition) is 0. The number of Topliss-reactive ketones (excluding diaryl/α,β-unsaturated/α-hetero) is 1. The maximum Gasteiger partial charge on any atom is 0.140 e. The first-order valence-corrected chi connectivity index (χ1v) is 7.14. The van der Waals surface area contributed by atoms with Crippen molar-refractivity contribution in [3.63, 3.8) is 0 Å². The molecule has 0 unspecified atom stereocenters. The number of hydrogen-bond acceptors (Lipinski definition) is 5. The van der Waals surface area contributed by atoms with Gasteiger partial charge < -0.3 is 9.64 Å². The van der Waals surface area contributed by atoms with E-state index >= 15 is 0 Å². The molecule has 3 heterocycles. The van der Waals surface area contributed by atoms with E-state index in [9.17, 15) is 4.79 Å². The van der Waals surface area contributed by atoms with Crippen molar-refractivity contribution in [1.82, 2.24) is 4.98 Å². The average Bonchev–Trinajstić information content (AvgIpc) is 2.48. The van der Waals surface area contributed by atoms with Crippen LogP contribution in [0.2, 0.25) is 0 Å². The monoisotopic (exact) mass is 273 g/mol. The number of nitrogens with zero attached hydrogens (tertiary/aromatic N) is 3. The van der Waals surface area contributed by atoms with Crippen LogP contribution in [0.4, 0.5) is 5.82 Å². The van der Waals surface area contributed by atoms with Gasteiger partial charge in [0.2, 0.25) is 0 Å². The molecular formula is C15H19N3O2. The maximum atomic E-state index is 11.5. The number of anilines is 1. The number of carbonyl (C=O) groups excluding carboxylic acids is 1. The highest BCUT2D eigenvalue weighted by atomic mass is 16.5. The van der Waals surface area contributed by atoms with E-state index in [-0.39, 0.29) is 0 Å². The molecule has 1 fully saturated rings. The molecule has 1 saturated heterocycles. The third-order valence-electron chi connectivity index (χ3n) is 3.64. The summed E-state index contributed by atoms with van der Waals surface area (Å²) in [4.78, 5) is 22.8. The van der Waals surface area contributed by atoms with Crippen LogP contribution in [0.3, 0.4) is 0 Å². The van der Waals surface area contributed by atoms with Gasteiger partial charge in [-0.25, -0.2) is 4.98 Å². The van der Waals surface area contributed by atoms with E-state index < -0.39 is 0 Å². The van der Waals surface area contributed by atoms with E-state index in [1.54, 1.807) is 0 Å². The first kappa shape index (κ1) is 13.2. The largest absolute Gasteiger partial charge is 0.378 e. The van der Waals surface area contributed by atoms with Crippen molar-refractivity contribution in [1.29, 1.82) is 0 Å². The van der Waals surface area contributed by atoms with Crippen molar-refractivity contribution in [2.75, 3.05) is 37.7 Å².